The minimum absolute atomic E-state index is 0.187. The first kappa shape index (κ1) is 10.3. The van der Waals surface area contributed by atoms with Crippen LogP contribution in [-0.2, 0) is 9.59 Å². The molecule has 0 fully saturated rings. The number of aliphatic hydroxyl groups is 1. The number of hydrogen-bond acceptors (Lipinski definition) is 3. The Labute approximate surface area is 66.4 Å². The van der Waals surface area contributed by atoms with Crippen molar-refractivity contribution in [1.82, 2.24) is 0 Å². The summed E-state index contributed by atoms with van der Waals surface area (Å²) in [4.78, 5) is 21.1. The summed E-state index contributed by atoms with van der Waals surface area (Å²) in [5.74, 6) is -1.13. The molecule has 0 saturated carbocycles. The van der Waals surface area contributed by atoms with E-state index < -0.39 is 12.0 Å². The lowest BCUT2D eigenvalue weighted by molar-refractivity contribution is -0.129. The molecule has 0 saturated heterocycles. The Bertz CT molecular complexity index is 151. The summed E-state index contributed by atoms with van der Waals surface area (Å²) in [7, 11) is 0. The van der Waals surface area contributed by atoms with E-state index in [9.17, 15) is 9.59 Å². The van der Waals surface area contributed by atoms with Gasteiger partial charge >= 0.3 is 0 Å². The zero-order valence-corrected chi connectivity index (χ0v) is 7.07. The van der Waals surface area contributed by atoms with Gasteiger partial charge in [0.05, 0.1) is 12.0 Å². The van der Waals surface area contributed by atoms with Gasteiger partial charge in [-0.05, 0) is 19.8 Å². The van der Waals surface area contributed by atoms with Crippen molar-refractivity contribution in [2.24, 2.45) is 11.8 Å². The Kier molecular flexibility index (Phi) is 3.97. The van der Waals surface area contributed by atoms with Gasteiger partial charge in [0.2, 0.25) is 0 Å². The molecular weight excluding hydrogens is 144 g/mol. The van der Waals surface area contributed by atoms with Crippen molar-refractivity contribution in [2.75, 3.05) is 0 Å². The summed E-state index contributed by atoms with van der Waals surface area (Å²) in [6, 6.07) is 0. The van der Waals surface area contributed by atoms with Crippen LogP contribution in [0, 0.1) is 11.8 Å². The van der Waals surface area contributed by atoms with E-state index in [1.807, 2.05) is 0 Å². The molecule has 64 valence electrons. The fourth-order valence-corrected chi connectivity index (χ4v) is 0.890. The number of aliphatic hydroxyl groups excluding tert-OH is 1. The van der Waals surface area contributed by atoms with E-state index in [4.69, 9.17) is 5.11 Å². The maximum absolute atomic E-state index is 10.8. The van der Waals surface area contributed by atoms with Crippen molar-refractivity contribution in [2.45, 2.75) is 26.9 Å². The molecule has 0 aliphatic rings. The van der Waals surface area contributed by atoms with Gasteiger partial charge in [0.15, 0.2) is 0 Å². The van der Waals surface area contributed by atoms with E-state index in [1.165, 1.54) is 6.92 Å². The monoisotopic (exact) mass is 158 g/mol. The van der Waals surface area contributed by atoms with Gasteiger partial charge in [0.25, 0.3) is 0 Å². The Morgan fingerprint density at radius 2 is 1.91 bits per heavy atom. The molecule has 0 aromatic heterocycles. The highest BCUT2D eigenvalue weighted by Gasteiger charge is 2.24. The lowest BCUT2D eigenvalue weighted by atomic mass is 9.88. The van der Waals surface area contributed by atoms with Gasteiger partial charge in [-0.2, -0.15) is 0 Å². The molecule has 1 N–H and O–H groups in total. The van der Waals surface area contributed by atoms with E-state index in [2.05, 4.69) is 0 Å². The molecule has 3 nitrogen and oxygen atoms in total. The van der Waals surface area contributed by atoms with Gasteiger partial charge in [-0.3, -0.25) is 4.79 Å². The molecular formula is C8H14O3. The van der Waals surface area contributed by atoms with Crippen molar-refractivity contribution in [3.63, 3.8) is 0 Å². The van der Waals surface area contributed by atoms with Crippen LogP contribution >= 0.6 is 0 Å². The van der Waals surface area contributed by atoms with Crippen molar-refractivity contribution < 1.29 is 14.7 Å². The minimum Gasteiger partial charge on any atom is -0.393 e. The second kappa shape index (κ2) is 4.23. The fraction of sp³-hybridized carbons (Fsp3) is 0.750. The number of rotatable bonds is 4. The first-order chi connectivity index (χ1) is 5.00. The van der Waals surface area contributed by atoms with E-state index >= 15 is 0 Å². The molecule has 3 unspecified atom stereocenters. The topological polar surface area (TPSA) is 54.4 Å². The molecule has 0 rings (SSSR count). The fourth-order valence-electron chi connectivity index (χ4n) is 0.890. The molecule has 11 heavy (non-hydrogen) atoms. The molecule has 0 aliphatic carbocycles. The number of Topliss-reactive ketones (excluding diaryl/α,β-unsaturated/α-hetero) is 1. The van der Waals surface area contributed by atoms with Crippen LogP contribution in [0.25, 0.3) is 0 Å². The molecule has 0 bridgehead atoms. The van der Waals surface area contributed by atoms with Crippen molar-refractivity contribution in [3.8, 4) is 0 Å². The Morgan fingerprint density at radius 1 is 1.45 bits per heavy atom. The summed E-state index contributed by atoms with van der Waals surface area (Å²) in [6.45, 7) is 4.62. The standard InChI is InChI=1S/C8H14O3/c1-5(6(2)10)8(4-9)7(3)11/h4-6,8,10H,1-3H3. The summed E-state index contributed by atoms with van der Waals surface area (Å²) < 4.78 is 0. The molecule has 0 aliphatic heterocycles. The molecule has 0 aromatic rings. The average Bonchev–Trinajstić information content (AvgIpc) is 1.88. The van der Waals surface area contributed by atoms with Gasteiger partial charge in [0, 0.05) is 0 Å². The third-order valence-electron chi connectivity index (χ3n) is 1.94. The zero-order valence-electron chi connectivity index (χ0n) is 7.07. The highest BCUT2D eigenvalue weighted by atomic mass is 16.3. The first-order valence-electron chi connectivity index (χ1n) is 3.64. The molecule has 3 atom stereocenters. The molecule has 0 amide bonds. The first-order valence-corrected chi connectivity index (χ1v) is 3.64. The van der Waals surface area contributed by atoms with Crippen molar-refractivity contribution in [1.29, 1.82) is 0 Å². The number of aldehydes is 1. The van der Waals surface area contributed by atoms with Crippen molar-refractivity contribution >= 4 is 12.1 Å². The maximum atomic E-state index is 10.8. The summed E-state index contributed by atoms with van der Waals surface area (Å²) in [6.07, 6.45) is -0.0196. The lowest BCUT2D eigenvalue weighted by Crippen LogP contribution is -2.28. The molecule has 0 aromatic carbocycles. The van der Waals surface area contributed by atoms with Crippen LogP contribution in [0.1, 0.15) is 20.8 Å². The largest absolute Gasteiger partial charge is 0.393 e. The normalized spacial score (nSPS) is 18.5. The molecule has 0 spiro atoms. The lowest BCUT2D eigenvalue weighted by Gasteiger charge is -2.18. The number of carbonyl (C=O) groups is 2. The van der Waals surface area contributed by atoms with E-state index in [1.54, 1.807) is 13.8 Å². The van der Waals surface area contributed by atoms with Crippen LogP contribution in [-0.4, -0.2) is 23.3 Å². The third-order valence-corrected chi connectivity index (χ3v) is 1.94. The van der Waals surface area contributed by atoms with E-state index in [0.717, 1.165) is 0 Å². The maximum Gasteiger partial charge on any atom is 0.140 e. The summed E-state index contributed by atoms with van der Waals surface area (Å²) in [5.41, 5.74) is 0. The van der Waals surface area contributed by atoms with Crippen LogP contribution in [0.5, 0.6) is 0 Å². The van der Waals surface area contributed by atoms with Crippen LogP contribution in [0.2, 0.25) is 0 Å². The highest BCUT2D eigenvalue weighted by Crippen LogP contribution is 2.14. The van der Waals surface area contributed by atoms with Crippen molar-refractivity contribution in [3.05, 3.63) is 0 Å². The Hall–Kier alpha value is -0.700. The third kappa shape index (κ3) is 2.80. The van der Waals surface area contributed by atoms with Crippen LogP contribution in [0.4, 0.5) is 0 Å². The van der Waals surface area contributed by atoms with E-state index in [-0.39, 0.29) is 11.7 Å². The van der Waals surface area contributed by atoms with Crippen LogP contribution in [0.15, 0.2) is 0 Å². The van der Waals surface area contributed by atoms with E-state index in [0.29, 0.717) is 6.29 Å². The van der Waals surface area contributed by atoms with Gasteiger partial charge < -0.3 is 9.90 Å². The number of ketones is 1. The summed E-state index contributed by atoms with van der Waals surface area (Å²) in [5, 5.41) is 9.06. The zero-order chi connectivity index (χ0) is 9.02. The SMILES string of the molecule is CC(=O)C(C=O)C(C)C(C)O. The quantitative estimate of drug-likeness (QED) is 0.476. The highest BCUT2D eigenvalue weighted by molar-refractivity contribution is 5.91. The molecule has 3 heteroatoms. The number of carbonyl (C=O) groups excluding carboxylic acids is 2. The number of hydrogen-bond donors (Lipinski definition) is 1. The second-order valence-corrected chi connectivity index (χ2v) is 2.87. The average molecular weight is 158 g/mol. The second-order valence-electron chi connectivity index (χ2n) is 2.87. The predicted molar refractivity (Wildman–Crippen MR) is 41.1 cm³/mol. The van der Waals surface area contributed by atoms with Crippen LogP contribution in [0.3, 0.4) is 0 Å². The molecule has 0 radical (unpaired) electrons. The van der Waals surface area contributed by atoms with Crippen LogP contribution < -0.4 is 0 Å². The van der Waals surface area contributed by atoms with Gasteiger partial charge in [0.1, 0.15) is 12.1 Å². The Balaban J connectivity index is 4.25. The predicted octanol–water partition coefficient (Wildman–Crippen LogP) is 0.407. The van der Waals surface area contributed by atoms with Gasteiger partial charge in [-0.25, -0.2) is 0 Å². The Morgan fingerprint density at radius 3 is 2.00 bits per heavy atom. The smallest absolute Gasteiger partial charge is 0.140 e. The van der Waals surface area contributed by atoms with Gasteiger partial charge in [-0.15, -0.1) is 0 Å². The minimum atomic E-state index is -0.657. The summed E-state index contributed by atoms with van der Waals surface area (Å²) >= 11 is 0. The van der Waals surface area contributed by atoms with Gasteiger partial charge in [-0.1, -0.05) is 6.92 Å². The molecule has 0 heterocycles.